The van der Waals surface area contributed by atoms with Crippen molar-refractivity contribution in [3.63, 3.8) is 0 Å². The summed E-state index contributed by atoms with van der Waals surface area (Å²) in [6.07, 6.45) is -1.62. The van der Waals surface area contributed by atoms with Crippen LogP contribution in [0.3, 0.4) is 0 Å². The van der Waals surface area contributed by atoms with Crippen molar-refractivity contribution in [3.8, 4) is 0 Å². The van der Waals surface area contributed by atoms with Gasteiger partial charge in [-0.3, -0.25) is 4.79 Å². The quantitative estimate of drug-likeness (QED) is 0.620. The third kappa shape index (κ3) is 4.05. The van der Waals surface area contributed by atoms with E-state index in [4.69, 9.17) is 9.84 Å². The Morgan fingerprint density at radius 2 is 2.05 bits per heavy atom. The average Bonchev–Trinajstić information content (AvgIpc) is 2.58. The van der Waals surface area contributed by atoms with Crippen LogP contribution in [0.25, 0.3) is 0 Å². The molecule has 2 unspecified atom stereocenters. The molecule has 0 aromatic carbocycles. The SMILES string of the molecule is CC(C)OC(=O)NS(=O)(=O)NC1COCC1(C)C(=O)O. The minimum Gasteiger partial charge on any atom is -0.481 e. The van der Waals surface area contributed by atoms with Crippen molar-refractivity contribution in [2.24, 2.45) is 5.41 Å². The largest absolute Gasteiger partial charge is 0.481 e. The molecule has 1 amide bonds. The highest BCUT2D eigenvalue weighted by Crippen LogP contribution is 2.29. The average molecular weight is 310 g/mol. The van der Waals surface area contributed by atoms with Crippen molar-refractivity contribution in [2.45, 2.75) is 32.9 Å². The van der Waals surface area contributed by atoms with Gasteiger partial charge in [-0.15, -0.1) is 0 Å². The smallest absolute Gasteiger partial charge is 0.422 e. The van der Waals surface area contributed by atoms with Gasteiger partial charge in [0.1, 0.15) is 5.41 Å². The maximum absolute atomic E-state index is 11.7. The predicted octanol–water partition coefficient (Wildman–Crippen LogP) is -0.555. The lowest BCUT2D eigenvalue weighted by atomic mass is 9.86. The molecule has 0 bridgehead atoms. The van der Waals surface area contributed by atoms with Gasteiger partial charge in [-0.1, -0.05) is 0 Å². The van der Waals surface area contributed by atoms with Crippen molar-refractivity contribution >= 4 is 22.3 Å². The summed E-state index contributed by atoms with van der Waals surface area (Å²) in [7, 11) is -4.23. The van der Waals surface area contributed by atoms with E-state index in [9.17, 15) is 18.0 Å². The fraction of sp³-hybridized carbons (Fsp3) is 0.800. The van der Waals surface area contributed by atoms with Crippen LogP contribution in [0.5, 0.6) is 0 Å². The number of ether oxygens (including phenoxy) is 2. The summed E-state index contributed by atoms with van der Waals surface area (Å²) in [6.45, 7) is 4.27. The molecule has 0 radical (unpaired) electrons. The van der Waals surface area contributed by atoms with Crippen LogP contribution < -0.4 is 9.44 Å². The first-order chi connectivity index (χ1) is 9.07. The number of carboxylic acid groups (broad SMARTS) is 1. The molecule has 1 fully saturated rings. The molecule has 20 heavy (non-hydrogen) atoms. The van der Waals surface area contributed by atoms with Crippen LogP contribution in [0.4, 0.5) is 4.79 Å². The zero-order chi connectivity index (χ0) is 15.6. The van der Waals surface area contributed by atoms with E-state index in [0.717, 1.165) is 0 Å². The molecule has 2 atom stereocenters. The first kappa shape index (κ1) is 16.7. The number of carbonyl (C=O) groups is 2. The highest BCUT2D eigenvalue weighted by Gasteiger charge is 2.48. The summed E-state index contributed by atoms with van der Waals surface area (Å²) >= 11 is 0. The van der Waals surface area contributed by atoms with E-state index in [-0.39, 0.29) is 13.2 Å². The van der Waals surface area contributed by atoms with Gasteiger partial charge in [0.15, 0.2) is 0 Å². The summed E-state index contributed by atoms with van der Waals surface area (Å²) in [5, 5.41) is 9.11. The zero-order valence-corrected chi connectivity index (χ0v) is 12.2. The molecule has 1 saturated heterocycles. The van der Waals surface area contributed by atoms with Gasteiger partial charge >= 0.3 is 22.3 Å². The molecule has 1 rings (SSSR count). The molecule has 1 aliphatic heterocycles. The second kappa shape index (κ2) is 5.94. The van der Waals surface area contributed by atoms with Gasteiger partial charge in [0.05, 0.1) is 25.4 Å². The maximum Gasteiger partial charge on any atom is 0.422 e. The van der Waals surface area contributed by atoms with E-state index in [1.165, 1.54) is 6.92 Å². The lowest BCUT2D eigenvalue weighted by Crippen LogP contribution is -2.53. The number of amides is 1. The van der Waals surface area contributed by atoms with Crippen LogP contribution in [0.2, 0.25) is 0 Å². The van der Waals surface area contributed by atoms with Crippen molar-refractivity contribution in [2.75, 3.05) is 13.2 Å². The Bertz CT molecular complexity index is 490. The van der Waals surface area contributed by atoms with Crippen molar-refractivity contribution in [1.82, 2.24) is 9.44 Å². The van der Waals surface area contributed by atoms with Crippen LogP contribution in [0.15, 0.2) is 0 Å². The number of aliphatic carboxylic acids is 1. The van der Waals surface area contributed by atoms with E-state index in [2.05, 4.69) is 9.46 Å². The summed E-state index contributed by atoms with van der Waals surface area (Å²) in [6, 6.07) is -0.982. The highest BCUT2D eigenvalue weighted by atomic mass is 32.2. The Kier molecular flexibility index (Phi) is 4.95. The normalized spacial score (nSPS) is 26.5. The second-order valence-corrected chi connectivity index (χ2v) is 6.41. The van der Waals surface area contributed by atoms with Gasteiger partial charge in [0, 0.05) is 0 Å². The van der Waals surface area contributed by atoms with E-state index >= 15 is 0 Å². The molecule has 116 valence electrons. The van der Waals surface area contributed by atoms with Gasteiger partial charge in [0.2, 0.25) is 0 Å². The Hall–Kier alpha value is -1.39. The Morgan fingerprint density at radius 1 is 1.45 bits per heavy atom. The molecule has 0 spiro atoms. The number of carbonyl (C=O) groups excluding carboxylic acids is 1. The van der Waals surface area contributed by atoms with E-state index in [0.29, 0.717) is 0 Å². The number of carboxylic acids is 1. The summed E-state index contributed by atoms with van der Waals surface area (Å²) in [5.41, 5.74) is -1.39. The number of hydrogen-bond acceptors (Lipinski definition) is 6. The summed E-state index contributed by atoms with van der Waals surface area (Å²) < 4.78 is 36.8. The lowest BCUT2D eigenvalue weighted by Gasteiger charge is -2.25. The van der Waals surface area contributed by atoms with Crippen LogP contribution in [-0.4, -0.2) is 50.9 Å². The molecule has 1 heterocycles. The van der Waals surface area contributed by atoms with Crippen LogP contribution >= 0.6 is 0 Å². The Morgan fingerprint density at radius 3 is 2.55 bits per heavy atom. The van der Waals surface area contributed by atoms with Crippen LogP contribution in [0.1, 0.15) is 20.8 Å². The molecule has 10 heteroatoms. The Labute approximate surface area is 116 Å². The maximum atomic E-state index is 11.7. The van der Waals surface area contributed by atoms with Crippen molar-refractivity contribution in [1.29, 1.82) is 0 Å². The van der Waals surface area contributed by atoms with Gasteiger partial charge in [-0.25, -0.2) is 9.52 Å². The molecular weight excluding hydrogens is 292 g/mol. The molecule has 1 aliphatic rings. The van der Waals surface area contributed by atoms with Gasteiger partial charge in [0.25, 0.3) is 0 Å². The number of rotatable bonds is 5. The summed E-state index contributed by atoms with van der Waals surface area (Å²) in [4.78, 5) is 22.4. The second-order valence-electron chi connectivity index (χ2n) is 4.97. The molecule has 0 aliphatic carbocycles. The number of nitrogens with one attached hydrogen (secondary N) is 2. The zero-order valence-electron chi connectivity index (χ0n) is 11.4. The van der Waals surface area contributed by atoms with E-state index < -0.39 is 39.8 Å². The molecule has 0 aromatic rings. The fourth-order valence-electron chi connectivity index (χ4n) is 1.61. The summed E-state index contributed by atoms with van der Waals surface area (Å²) in [5.74, 6) is -1.19. The van der Waals surface area contributed by atoms with Gasteiger partial charge in [-0.05, 0) is 20.8 Å². The van der Waals surface area contributed by atoms with Crippen molar-refractivity contribution in [3.05, 3.63) is 0 Å². The molecule has 9 nitrogen and oxygen atoms in total. The Balaban J connectivity index is 2.71. The third-order valence-corrected chi connectivity index (χ3v) is 3.83. The third-order valence-electron chi connectivity index (χ3n) is 2.80. The molecular formula is C10H18N2O7S. The predicted molar refractivity (Wildman–Crippen MR) is 67.2 cm³/mol. The minimum atomic E-state index is -4.23. The topological polar surface area (TPSA) is 131 Å². The minimum absolute atomic E-state index is 0.0943. The fourth-order valence-corrected chi connectivity index (χ4v) is 2.64. The van der Waals surface area contributed by atoms with Gasteiger partial charge in [-0.2, -0.15) is 13.1 Å². The first-order valence-electron chi connectivity index (χ1n) is 5.88. The van der Waals surface area contributed by atoms with E-state index in [1.54, 1.807) is 18.6 Å². The molecule has 0 aromatic heterocycles. The van der Waals surface area contributed by atoms with Gasteiger partial charge < -0.3 is 14.6 Å². The highest BCUT2D eigenvalue weighted by molar-refractivity contribution is 7.88. The monoisotopic (exact) mass is 310 g/mol. The standard InChI is InChI=1S/C10H18N2O7S/c1-6(2)19-9(15)12-20(16,17)11-7-4-18-5-10(7,3)8(13)14/h6-7,11H,4-5H2,1-3H3,(H,12,15)(H,13,14). The first-order valence-corrected chi connectivity index (χ1v) is 7.37. The molecule has 3 N–H and O–H groups in total. The van der Waals surface area contributed by atoms with Crippen LogP contribution in [-0.2, 0) is 24.5 Å². The van der Waals surface area contributed by atoms with Crippen LogP contribution in [0, 0.1) is 5.41 Å². The van der Waals surface area contributed by atoms with E-state index in [1.807, 2.05) is 0 Å². The van der Waals surface area contributed by atoms with Crippen molar-refractivity contribution < 1.29 is 32.6 Å². The lowest BCUT2D eigenvalue weighted by molar-refractivity contribution is -0.148. The molecule has 0 saturated carbocycles. The number of hydrogen-bond donors (Lipinski definition) is 3.